The molecule has 6 heterocycles. The Labute approximate surface area is 514 Å². The number of aromatic nitrogens is 6. The summed E-state index contributed by atoms with van der Waals surface area (Å²) in [4.78, 5) is 40.7. The number of ether oxygens (including phenoxy) is 4. The van der Waals surface area contributed by atoms with Gasteiger partial charge in [-0.1, -0.05) is 24.3 Å². The zero-order chi connectivity index (χ0) is 65.1. The van der Waals surface area contributed by atoms with Crippen LogP contribution in [0.1, 0.15) is 77.8 Å². The molecule has 0 amide bonds. The van der Waals surface area contributed by atoms with E-state index >= 15 is 17.6 Å². The van der Waals surface area contributed by atoms with E-state index in [1.165, 1.54) is 106 Å². The molecule has 0 saturated carbocycles. The first kappa shape index (κ1) is 62.9. The van der Waals surface area contributed by atoms with Crippen molar-refractivity contribution in [1.82, 2.24) is 29.1 Å². The normalized spacial score (nSPS) is 16.2. The Bertz CT molecular complexity index is 4300. The van der Waals surface area contributed by atoms with Gasteiger partial charge in [-0.25, -0.2) is 73.4 Å². The second kappa shape index (κ2) is 26.8. The summed E-state index contributed by atoms with van der Waals surface area (Å²) in [5.41, 5.74) is 1.07. The fourth-order valence-corrected chi connectivity index (χ4v) is 10.9. The van der Waals surface area contributed by atoms with Crippen molar-refractivity contribution >= 4 is 34.0 Å². The molecular formula is C66H46F10N8O8. The molecular weight excluding hydrogens is 1220 g/mol. The van der Waals surface area contributed by atoms with Crippen molar-refractivity contribution in [2.75, 3.05) is 26.4 Å². The number of benzene rings is 6. The van der Waals surface area contributed by atoms with Gasteiger partial charge in [-0.15, -0.1) is 0 Å². The van der Waals surface area contributed by atoms with Gasteiger partial charge in [0.1, 0.15) is 59.8 Å². The summed E-state index contributed by atoms with van der Waals surface area (Å²) in [6.07, 6.45) is -6.08. The molecule has 4 atom stereocenters. The number of halogens is 10. The van der Waals surface area contributed by atoms with Crippen molar-refractivity contribution in [3.8, 4) is 46.4 Å². The van der Waals surface area contributed by atoms with Crippen LogP contribution in [0, 0.1) is 69.4 Å². The fraction of sp³-hybridized carbons (Fsp3) is 0.212. The molecule has 26 heteroatoms. The monoisotopic (exact) mass is 1270 g/mol. The predicted octanol–water partition coefficient (Wildman–Crippen LogP) is 13.4. The molecule has 6 aromatic carbocycles. The van der Waals surface area contributed by atoms with Crippen LogP contribution in [0.2, 0.25) is 0 Å². The number of hydrogen-bond acceptors (Lipinski definition) is 12. The lowest BCUT2D eigenvalue weighted by atomic mass is 10.0. The van der Waals surface area contributed by atoms with Crippen LogP contribution in [0.5, 0.6) is 11.8 Å². The molecule has 2 fully saturated rings. The van der Waals surface area contributed by atoms with Gasteiger partial charge in [0.2, 0.25) is 24.6 Å². The average molecular weight is 1270 g/mol. The van der Waals surface area contributed by atoms with Crippen molar-refractivity contribution in [1.29, 1.82) is 10.5 Å². The summed E-state index contributed by atoms with van der Waals surface area (Å²) < 4.78 is 171. The molecule has 0 spiro atoms. The molecule has 0 radical (unpaired) electrons. The summed E-state index contributed by atoms with van der Waals surface area (Å²) in [6.45, 7) is -1.09. The molecule has 12 rings (SSSR count). The lowest BCUT2D eigenvalue weighted by Crippen LogP contribution is -2.25. The zero-order valence-corrected chi connectivity index (χ0v) is 47.5. The van der Waals surface area contributed by atoms with Crippen LogP contribution in [0.4, 0.5) is 43.9 Å². The Morgan fingerprint density at radius 3 is 1.27 bits per heavy atom. The van der Waals surface area contributed by atoms with Crippen LogP contribution < -0.4 is 9.47 Å². The van der Waals surface area contributed by atoms with E-state index in [0.29, 0.717) is 11.0 Å². The van der Waals surface area contributed by atoms with Gasteiger partial charge in [-0.3, -0.25) is 0 Å². The van der Waals surface area contributed by atoms with Crippen LogP contribution in [-0.4, -0.2) is 90.5 Å². The smallest absolute Gasteiger partial charge is 0.335 e. The van der Waals surface area contributed by atoms with Gasteiger partial charge >= 0.3 is 11.9 Å². The largest absolute Gasteiger partial charge is 0.478 e. The van der Waals surface area contributed by atoms with Crippen LogP contribution in [0.3, 0.4) is 0 Å². The van der Waals surface area contributed by atoms with Crippen LogP contribution in [0.15, 0.2) is 133 Å². The molecule has 2 saturated heterocycles. The Kier molecular flexibility index (Phi) is 18.3. The Morgan fingerprint density at radius 1 is 0.500 bits per heavy atom. The molecule has 2 aliphatic heterocycles. The minimum Gasteiger partial charge on any atom is -0.478 e. The number of aromatic carboxylic acids is 2. The SMILES string of the molecule is N#Cc1ccc(COc2cccc(-c3cc(F)c(Cc4nc5ccc(C(=O)O)cc5n4[C@@H]4COC[C@H]4C(F)F)cc3F)n2)c(F)c1.N#Cc1ccc(COc2cccc(-c3cc(F)c(Cc4nc5ccc(C(=O)O)cc5n4[C@@H]4COC[C@H]4C(F)F)cc3F)n2)c(F)c1. The third kappa shape index (κ3) is 13.3. The summed E-state index contributed by atoms with van der Waals surface area (Å²) in [6, 6.07) is 30.5. The zero-order valence-electron chi connectivity index (χ0n) is 47.5. The van der Waals surface area contributed by atoms with Crippen molar-refractivity contribution in [2.24, 2.45) is 11.8 Å². The highest BCUT2D eigenvalue weighted by atomic mass is 19.3. The van der Waals surface area contributed by atoms with Crippen molar-refractivity contribution in [3.05, 3.63) is 225 Å². The number of carboxylic acid groups (broad SMARTS) is 2. The topological polar surface area (TPSA) is 221 Å². The number of pyridine rings is 2. The molecule has 16 nitrogen and oxygen atoms in total. The van der Waals surface area contributed by atoms with Gasteiger partial charge in [-0.05, 0) is 108 Å². The second-order valence-corrected chi connectivity index (χ2v) is 21.4. The maximum atomic E-state index is 15.6. The van der Waals surface area contributed by atoms with Gasteiger partial charge in [0.25, 0.3) is 0 Å². The number of fused-ring (bicyclic) bond motifs is 2. The van der Waals surface area contributed by atoms with Crippen molar-refractivity contribution in [2.45, 2.75) is 51.0 Å². The summed E-state index contributed by atoms with van der Waals surface area (Å²) in [7, 11) is 0. The van der Waals surface area contributed by atoms with Gasteiger partial charge in [0, 0.05) is 47.2 Å². The maximum Gasteiger partial charge on any atom is 0.335 e. The van der Waals surface area contributed by atoms with Gasteiger partial charge in [-0.2, -0.15) is 10.5 Å². The first-order valence-corrected chi connectivity index (χ1v) is 28.0. The highest BCUT2D eigenvalue weighted by Gasteiger charge is 2.40. The number of nitrogens with zero attached hydrogens (tertiary/aromatic N) is 8. The molecule has 10 aromatic rings. The van der Waals surface area contributed by atoms with E-state index in [4.69, 9.17) is 29.5 Å². The number of alkyl halides is 4. The van der Waals surface area contributed by atoms with Crippen LogP contribution in [0.25, 0.3) is 44.6 Å². The summed E-state index contributed by atoms with van der Waals surface area (Å²) in [5, 5.41) is 36.8. The lowest BCUT2D eigenvalue weighted by molar-refractivity contribution is 0.0550. The number of imidazole rings is 2. The highest BCUT2D eigenvalue weighted by Crippen LogP contribution is 2.39. The standard InChI is InChI=1S/2C33H23F5N4O4/c2*34-23-8-17(13-39)4-5-19(23)14-46-31-3-1-2-26(41-31)21-12-24(35)20(9-25(21)36)11-30-40-27-7-6-18(33(43)44)10-28(27)42(30)29-16-45-15-22(29)32(37)38/h2*1-10,12,22,29,32H,11,14-16H2,(H,43,44)/t2*22-,29-/m11/s1. The third-order valence-electron chi connectivity index (χ3n) is 15.6. The molecule has 2 N–H and O–H groups in total. The van der Waals surface area contributed by atoms with Gasteiger partial charge in [0.05, 0.1) is 118 Å². The Balaban J connectivity index is 0.000000188. The number of carboxylic acids is 2. The molecule has 92 heavy (non-hydrogen) atoms. The minimum atomic E-state index is -2.75. The second-order valence-electron chi connectivity index (χ2n) is 21.4. The van der Waals surface area contributed by atoms with Gasteiger partial charge < -0.3 is 38.3 Å². The van der Waals surface area contributed by atoms with Gasteiger partial charge in [0.15, 0.2) is 0 Å². The molecule has 2 aliphatic rings. The molecule has 4 aromatic heterocycles. The van der Waals surface area contributed by atoms with Crippen LogP contribution >= 0.6 is 0 Å². The van der Waals surface area contributed by atoms with E-state index in [2.05, 4.69) is 19.9 Å². The van der Waals surface area contributed by atoms with E-state index in [1.807, 2.05) is 12.1 Å². The number of carbonyl (C=O) groups is 2. The number of rotatable bonds is 18. The van der Waals surface area contributed by atoms with Crippen LogP contribution in [-0.2, 0) is 35.5 Å². The van der Waals surface area contributed by atoms with Crippen molar-refractivity contribution in [3.63, 3.8) is 0 Å². The summed E-state index contributed by atoms with van der Waals surface area (Å²) >= 11 is 0. The minimum absolute atomic E-state index is 0.0203. The third-order valence-corrected chi connectivity index (χ3v) is 15.6. The predicted molar refractivity (Wildman–Crippen MR) is 308 cm³/mol. The molecule has 0 aliphatic carbocycles. The number of hydrogen-bond donors (Lipinski definition) is 2. The fourth-order valence-electron chi connectivity index (χ4n) is 10.9. The van der Waals surface area contributed by atoms with Crippen molar-refractivity contribution < 1.29 is 82.7 Å². The maximum absolute atomic E-state index is 15.6. The number of nitriles is 2. The van der Waals surface area contributed by atoms with E-state index in [-0.39, 0.29) is 154 Å². The molecule has 468 valence electrons. The van der Waals surface area contributed by atoms with E-state index in [0.717, 1.165) is 36.4 Å². The van der Waals surface area contributed by atoms with E-state index < -0.39 is 83.6 Å². The average Bonchev–Trinajstić information content (AvgIpc) is 1.62. The summed E-state index contributed by atoms with van der Waals surface area (Å²) in [5.74, 6) is -9.15. The quantitative estimate of drug-likeness (QED) is 0.0764. The lowest BCUT2D eigenvalue weighted by Gasteiger charge is -2.22. The molecule has 0 bridgehead atoms. The Morgan fingerprint density at radius 2 is 0.902 bits per heavy atom. The van der Waals surface area contributed by atoms with E-state index in [1.54, 1.807) is 0 Å². The molecule has 0 unspecified atom stereocenters. The Hall–Kier alpha value is -10.7. The van der Waals surface area contributed by atoms with E-state index in [9.17, 15) is 46.1 Å². The first-order valence-electron chi connectivity index (χ1n) is 28.0. The first-order chi connectivity index (χ1) is 44.2. The highest BCUT2D eigenvalue weighted by molar-refractivity contribution is 5.93.